The Hall–Kier alpha value is -3.27. The molecule has 0 aliphatic rings. The number of hydrogen-bond acceptors (Lipinski definition) is 6. The smallest absolute Gasteiger partial charge is 0.244 e. The van der Waals surface area contributed by atoms with Crippen LogP contribution < -0.4 is 19.1 Å². The second-order valence-corrected chi connectivity index (χ2v) is 9.80. The third kappa shape index (κ3) is 6.86. The number of nitrogens with zero attached hydrogens (tertiary/aromatic N) is 2. The number of carbonyl (C=O) groups excluding carboxylic acids is 2. The fourth-order valence-corrected chi connectivity index (χ4v) is 4.34. The summed E-state index contributed by atoms with van der Waals surface area (Å²) in [5.74, 6) is -0.186. The van der Waals surface area contributed by atoms with E-state index >= 15 is 0 Å². The number of hydrogen-bond donors (Lipinski definition) is 1. The summed E-state index contributed by atoms with van der Waals surface area (Å²) in [5, 5.41) is 2.73. The molecule has 0 saturated carbocycles. The molecular weight excluding hydrogens is 458 g/mol. The maximum absolute atomic E-state index is 13.5. The molecule has 0 heterocycles. The molecule has 2 aromatic rings. The lowest BCUT2D eigenvalue weighted by molar-refractivity contribution is -0.139. The Morgan fingerprint density at radius 2 is 1.79 bits per heavy atom. The van der Waals surface area contributed by atoms with E-state index in [2.05, 4.69) is 5.32 Å². The average molecular weight is 492 g/mol. The molecule has 34 heavy (non-hydrogen) atoms. The molecule has 0 bridgehead atoms. The lowest BCUT2D eigenvalue weighted by Crippen LogP contribution is -2.51. The van der Waals surface area contributed by atoms with Crippen molar-refractivity contribution < 1.29 is 27.5 Å². The molecule has 186 valence electrons. The highest BCUT2D eigenvalue weighted by Gasteiger charge is 2.31. The number of aryl methyl sites for hydroxylation is 1. The first-order chi connectivity index (χ1) is 16.0. The molecule has 9 nitrogen and oxygen atoms in total. The van der Waals surface area contributed by atoms with Crippen LogP contribution in [0.25, 0.3) is 0 Å². The number of ether oxygens (including phenoxy) is 2. The summed E-state index contributed by atoms with van der Waals surface area (Å²) in [6, 6.07) is 11.5. The molecule has 0 fully saturated rings. The molecule has 0 saturated heterocycles. The van der Waals surface area contributed by atoms with E-state index in [1.54, 1.807) is 26.0 Å². The Balaban J connectivity index is 2.48. The SMILES string of the molecule is CCNC(=O)[C@H](C)N(Cc1cccc(C)c1)C(=O)CN(c1cc(OC)ccc1OC)S(C)(=O)=O. The summed E-state index contributed by atoms with van der Waals surface area (Å²) in [6.07, 6.45) is 1.01. The van der Waals surface area contributed by atoms with Crippen LogP contribution in [0, 0.1) is 6.92 Å². The third-order valence-electron chi connectivity index (χ3n) is 5.29. The van der Waals surface area contributed by atoms with Crippen molar-refractivity contribution in [2.45, 2.75) is 33.4 Å². The number of anilines is 1. The molecule has 0 radical (unpaired) electrons. The van der Waals surface area contributed by atoms with Gasteiger partial charge in [0.25, 0.3) is 0 Å². The van der Waals surface area contributed by atoms with Crippen LogP contribution in [0.5, 0.6) is 11.5 Å². The van der Waals surface area contributed by atoms with Gasteiger partial charge < -0.3 is 19.7 Å². The molecule has 0 spiro atoms. The summed E-state index contributed by atoms with van der Waals surface area (Å²) < 4.78 is 37.0. The van der Waals surface area contributed by atoms with Crippen molar-refractivity contribution >= 4 is 27.5 Å². The topological polar surface area (TPSA) is 105 Å². The molecule has 2 amide bonds. The van der Waals surface area contributed by atoms with Crippen LogP contribution in [-0.4, -0.2) is 64.7 Å². The first kappa shape index (κ1) is 27.0. The van der Waals surface area contributed by atoms with E-state index in [1.165, 1.54) is 25.2 Å². The van der Waals surface area contributed by atoms with Gasteiger partial charge in [0.1, 0.15) is 24.1 Å². The minimum Gasteiger partial charge on any atom is -0.497 e. The minimum absolute atomic E-state index is 0.145. The average Bonchev–Trinajstić information content (AvgIpc) is 2.79. The van der Waals surface area contributed by atoms with Crippen LogP contribution in [0.1, 0.15) is 25.0 Å². The molecule has 0 aliphatic carbocycles. The van der Waals surface area contributed by atoms with Gasteiger partial charge in [-0.25, -0.2) is 8.42 Å². The largest absolute Gasteiger partial charge is 0.497 e. The fourth-order valence-electron chi connectivity index (χ4n) is 3.50. The van der Waals surface area contributed by atoms with Crippen molar-refractivity contribution in [1.82, 2.24) is 10.2 Å². The zero-order valence-corrected chi connectivity index (χ0v) is 21.3. The highest BCUT2D eigenvalue weighted by molar-refractivity contribution is 7.92. The van der Waals surface area contributed by atoms with Gasteiger partial charge in [0.05, 0.1) is 26.2 Å². The standard InChI is InChI=1S/C24H33N3O6S/c1-7-25-24(29)18(3)26(15-19-10-8-9-17(2)13-19)23(28)16-27(34(6,30)31)21-14-20(32-4)11-12-22(21)33-5/h8-14,18H,7,15-16H2,1-6H3,(H,25,29)/t18-/m0/s1. The minimum atomic E-state index is -3.89. The van der Waals surface area contributed by atoms with Crippen molar-refractivity contribution in [3.63, 3.8) is 0 Å². The van der Waals surface area contributed by atoms with Crippen LogP contribution >= 0.6 is 0 Å². The second-order valence-electron chi connectivity index (χ2n) is 7.89. The normalized spacial score (nSPS) is 11.9. The van der Waals surface area contributed by atoms with Crippen molar-refractivity contribution in [3.8, 4) is 11.5 Å². The number of benzene rings is 2. The third-order valence-corrected chi connectivity index (χ3v) is 6.41. The van der Waals surface area contributed by atoms with Crippen molar-refractivity contribution in [3.05, 3.63) is 53.6 Å². The number of methoxy groups -OCH3 is 2. The van der Waals surface area contributed by atoms with E-state index in [4.69, 9.17) is 9.47 Å². The Morgan fingerprint density at radius 1 is 1.09 bits per heavy atom. The molecule has 1 atom stereocenters. The number of amides is 2. The quantitative estimate of drug-likeness (QED) is 0.517. The molecule has 0 unspecified atom stereocenters. The summed E-state index contributed by atoms with van der Waals surface area (Å²) in [6.45, 7) is 5.38. The van der Waals surface area contributed by atoms with Gasteiger partial charge in [-0.15, -0.1) is 0 Å². The van der Waals surface area contributed by atoms with Crippen LogP contribution in [0.4, 0.5) is 5.69 Å². The molecule has 2 rings (SSSR count). The number of rotatable bonds is 11. The van der Waals surface area contributed by atoms with E-state index < -0.39 is 28.5 Å². The van der Waals surface area contributed by atoms with Crippen molar-refractivity contribution in [1.29, 1.82) is 0 Å². The first-order valence-electron chi connectivity index (χ1n) is 10.8. The van der Waals surface area contributed by atoms with Gasteiger partial charge in [0.2, 0.25) is 21.8 Å². The van der Waals surface area contributed by atoms with Gasteiger partial charge in [-0.1, -0.05) is 29.8 Å². The highest BCUT2D eigenvalue weighted by atomic mass is 32.2. The second kappa shape index (κ2) is 11.7. The monoisotopic (exact) mass is 491 g/mol. The van der Waals surface area contributed by atoms with Crippen LogP contribution in [0.15, 0.2) is 42.5 Å². The lowest BCUT2D eigenvalue weighted by atomic mass is 10.1. The summed E-state index contributed by atoms with van der Waals surface area (Å²) in [7, 11) is -1.02. The molecular formula is C24H33N3O6S. The summed E-state index contributed by atoms with van der Waals surface area (Å²) in [4.78, 5) is 27.5. The maximum atomic E-state index is 13.5. The first-order valence-corrected chi connectivity index (χ1v) is 12.7. The maximum Gasteiger partial charge on any atom is 0.244 e. The number of likely N-dealkylation sites (N-methyl/N-ethyl adjacent to an activating group) is 1. The number of nitrogens with one attached hydrogen (secondary N) is 1. The van der Waals surface area contributed by atoms with E-state index in [-0.39, 0.29) is 23.9 Å². The Kier molecular flexibility index (Phi) is 9.31. The van der Waals surface area contributed by atoms with Gasteiger partial charge in [-0.2, -0.15) is 0 Å². The Morgan fingerprint density at radius 3 is 2.35 bits per heavy atom. The molecule has 0 aliphatic heterocycles. The predicted octanol–water partition coefficient (Wildman–Crippen LogP) is 2.33. The Bertz CT molecular complexity index is 1120. The van der Waals surface area contributed by atoms with Gasteiger partial charge in [0.15, 0.2) is 0 Å². The number of sulfonamides is 1. The molecule has 10 heteroatoms. The van der Waals surface area contributed by atoms with E-state index in [1.807, 2.05) is 31.2 Å². The zero-order chi connectivity index (χ0) is 25.5. The fraction of sp³-hybridized carbons (Fsp3) is 0.417. The van der Waals surface area contributed by atoms with E-state index in [9.17, 15) is 18.0 Å². The van der Waals surface area contributed by atoms with E-state index in [0.717, 1.165) is 21.7 Å². The predicted molar refractivity (Wildman–Crippen MR) is 132 cm³/mol. The summed E-state index contributed by atoms with van der Waals surface area (Å²) >= 11 is 0. The van der Waals surface area contributed by atoms with Gasteiger partial charge in [0, 0.05) is 19.2 Å². The van der Waals surface area contributed by atoms with Crippen LogP contribution in [0.3, 0.4) is 0 Å². The highest BCUT2D eigenvalue weighted by Crippen LogP contribution is 2.34. The Labute approximate surface area is 201 Å². The van der Waals surface area contributed by atoms with Gasteiger partial charge in [-0.3, -0.25) is 13.9 Å². The molecule has 0 aromatic heterocycles. The van der Waals surface area contributed by atoms with Crippen molar-refractivity contribution in [2.24, 2.45) is 0 Å². The van der Waals surface area contributed by atoms with Gasteiger partial charge >= 0.3 is 0 Å². The molecule has 2 aromatic carbocycles. The summed E-state index contributed by atoms with van der Waals surface area (Å²) in [5.41, 5.74) is 2.00. The molecule has 1 N–H and O–H groups in total. The van der Waals surface area contributed by atoms with E-state index in [0.29, 0.717) is 12.3 Å². The number of carbonyl (C=O) groups is 2. The lowest BCUT2D eigenvalue weighted by Gasteiger charge is -2.32. The van der Waals surface area contributed by atoms with Crippen LogP contribution in [-0.2, 0) is 26.2 Å². The zero-order valence-electron chi connectivity index (χ0n) is 20.5. The van der Waals surface area contributed by atoms with Gasteiger partial charge in [-0.05, 0) is 38.5 Å². The van der Waals surface area contributed by atoms with Crippen molar-refractivity contribution in [2.75, 3.05) is 37.9 Å². The van der Waals surface area contributed by atoms with Crippen LogP contribution in [0.2, 0.25) is 0 Å².